The Hall–Kier alpha value is -1.35. The lowest BCUT2D eigenvalue weighted by atomic mass is 10.0. The second kappa shape index (κ2) is 5.57. The van der Waals surface area contributed by atoms with E-state index in [2.05, 4.69) is 6.07 Å². The lowest BCUT2D eigenvalue weighted by molar-refractivity contribution is -0.132. The van der Waals surface area contributed by atoms with Gasteiger partial charge in [-0.2, -0.15) is 0 Å². The van der Waals surface area contributed by atoms with Gasteiger partial charge in [-0.05, 0) is 35.8 Å². The van der Waals surface area contributed by atoms with E-state index in [9.17, 15) is 4.79 Å². The van der Waals surface area contributed by atoms with Crippen LogP contribution in [-0.2, 0) is 17.9 Å². The molecule has 2 aliphatic rings. The van der Waals surface area contributed by atoms with Gasteiger partial charge in [-0.15, -0.1) is 0 Å². The van der Waals surface area contributed by atoms with Gasteiger partial charge in [-0.3, -0.25) is 4.79 Å². The number of benzene rings is 1. The molecular weight excluding hydrogens is 248 g/mol. The van der Waals surface area contributed by atoms with Gasteiger partial charge in [0.1, 0.15) is 0 Å². The summed E-state index contributed by atoms with van der Waals surface area (Å²) in [4.78, 5) is 14.5. The smallest absolute Gasteiger partial charge is 0.226 e. The van der Waals surface area contributed by atoms with E-state index in [4.69, 9.17) is 5.73 Å². The summed E-state index contributed by atoms with van der Waals surface area (Å²) >= 11 is 0. The molecule has 2 unspecified atom stereocenters. The van der Waals surface area contributed by atoms with E-state index in [1.165, 1.54) is 31.2 Å². The van der Waals surface area contributed by atoms with Crippen LogP contribution in [0.2, 0.25) is 0 Å². The molecule has 20 heavy (non-hydrogen) atoms. The number of hydrogen-bond donors (Lipinski definition) is 1. The van der Waals surface area contributed by atoms with Crippen molar-refractivity contribution >= 4 is 5.91 Å². The molecule has 0 radical (unpaired) electrons. The van der Waals surface area contributed by atoms with Crippen LogP contribution < -0.4 is 5.73 Å². The largest absolute Gasteiger partial charge is 0.341 e. The van der Waals surface area contributed by atoms with Crippen molar-refractivity contribution in [2.45, 2.75) is 38.8 Å². The zero-order chi connectivity index (χ0) is 14.1. The third-order valence-corrected chi connectivity index (χ3v) is 5.06. The lowest BCUT2D eigenvalue weighted by Gasteiger charge is -2.19. The molecular formula is C17H24N2O. The van der Waals surface area contributed by atoms with Crippen LogP contribution in [0.25, 0.3) is 0 Å². The predicted molar refractivity (Wildman–Crippen MR) is 79.7 cm³/mol. The number of carbonyl (C=O) groups is 1. The number of hydrogen-bond acceptors (Lipinski definition) is 2. The summed E-state index contributed by atoms with van der Waals surface area (Å²) in [5.74, 6) is 2.02. The lowest BCUT2D eigenvalue weighted by Crippen LogP contribution is -2.29. The maximum atomic E-state index is 12.6. The Balaban J connectivity index is 1.64. The molecule has 1 aromatic rings. The van der Waals surface area contributed by atoms with E-state index >= 15 is 0 Å². The minimum Gasteiger partial charge on any atom is -0.341 e. The molecule has 0 saturated heterocycles. The molecule has 1 amide bonds. The van der Waals surface area contributed by atoms with Crippen LogP contribution in [0.5, 0.6) is 0 Å². The Bertz CT molecular complexity index is 488. The maximum Gasteiger partial charge on any atom is 0.226 e. The van der Waals surface area contributed by atoms with Gasteiger partial charge >= 0.3 is 0 Å². The van der Waals surface area contributed by atoms with E-state index in [1.54, 1.807) is 0 Å². The second-order valence-electron chi connectivity index (χ2n) is 6.31. The molecule has 3 nitrogen and oxygen atoms in total. The van der Waals surface area contributed by atoms with Gasteiger partial charge in [0, 0.05) is 26.1 Å². The van der Waals surface area contributed by atoms with Crippen LogP contribution in [0.3, 0.4) is 0 Å². The first-order valence-electron chi connectivity index (χ1n) is 7.74. The van der Waals surface area contributed by atoms with Crippen molar-refractivity contribution < 1.29 is 4.79 Å². The molecule has 0 spiro atoms. The minimum absolute atomic E-state index is 0.313. The number of rotatable bonds is 4. The Morgan fingerprint density at radius 2 is 1.80 bits per heavy atom. The highest BCUT2D eigenvalue weighted by atomic mass is 16.2. The molecule has 108 valence electrons. The molecule has 0 aromatic heterocycles. The summed E-state index contributed by atoms with van der Waals surface area (Å²) in [7, 11) is 1.93. The van der Waals surface area contributed by atoms with Crippen molar-refractivity contribution in [3.8, 4) is 0 Å². The average Bonchev–Trinajstić information content (AvgIpc) is 3.21. The van der Waals surface area contributed by atoms with Gasteiger partial charge in [0.15, 0.2) is 0 Å². The van der Waals surface area contributed by atoms with Crippen molar-refractivity contribution in [1.82, 2.24) is 4.90 Å². The zero-order valence-electron chi connectivity index (χ0n) is 12.2. The first-order valence-corrected chi connectivity index (χ1v) is 7.74. The standard InChI is InChI=1S/C17H24N2O/c1-19(11-13-7-3-2-6-12(13)10-18)17(20)16-14-8-4-5-9-15(14)16/h2-3,6-7,14-16H,4-5,8-11,18H2,1H3. The summed E-state index contributed by atoms with van der Waals surface area (Å²) in [6.07, 6.45) is 5.14. The van der Waals surface area contributed by atoms with Crippen molar-refractivity contribution in [2.24, 2.45) is 23.5 Å². The molecule has 2 atom stereocenters. The number of nitrogens with two attached hydrogens (primary N) is 1. The van der Waals surface area contributed by atoms with Crippen LogP contribution >= 0.6 is 0 Å². The molecule has 3 rings (SSSR count). The SMILES string of the molecule is CN(Cc1ccccc1CN)C(=O)C1C2CCCCC21. The number of amides is 1. The van der Waals surface area contributed by atoms with Gasteiger partial charge in [0.2, 0.25) is 5.91 Å². The summed E-state index contributed by atoms with van der Waals surface area (Å²) in [6.45, 7) is 1.22. The van der Waals surface area contributed by atoms with Gasteiger partial charge in [-0.1, -0.05) is 37.1 Å². The summed E-state index contributed by atoms with van der Waals surface area (Å²) in [5, 5.41) is 0. The Morgan fingerprint density at radius 3 is 2.40 bits per heavy atom. The molecule has 1 aromatic carbocycles. The molecule has 3 heteroatoms. The fourth-order valence-corrected chi connectivity index (χ4v) is 3.86. The van der Waals surface area contributed by atoms with Crippen LogP contribution in [0.4, 0.5) is 0 Å². The van der Waals surface area contributed by atoms with Crippen molar-refractivity contribution in [3.63, 3.8) is 0 Å². The van der Waals surface area contributed by atoms with Gasteiger partial charge in [0.25, 0.3) is 0 Å². The van der Waals surface area contributed by atoms with E-state index in [0.29, 0.717) is 36.8 Å². The van der Waals surface area contributed by atoms with Gasteiger partial charge < -0.3 is 10.6 Å². The summed E-state index contributed by atoms with van der Waals surface area (Å²) < 4.78 is 0. The average molecular weight is 272 g/mol. The van der Waals surface area contributed by atoms with Crippen LogP contribution in [0, 0.1) is 17.8 Å². The summed E-state index contributed by atoms with van der Waals surface area (Å²) in [5.41, 5.74) is 8.08. The Morgan fingerprint density at radius 1 is 1.20 bits per heavy atom. The van der Waals surface area contributed by atoms with Gasteiger partial charge in [-0.25, -0.2) is 0 Å². The Kier molecular flexibility index (Phi) is 3.79. The fraction of sp³-hybridized carbons (Fsp3) is 0.588. The van der Waals surface area contributed by atoms with E-state index in [1.807, 2.05) is 30.1 Å². The van der Waals surface area contributed by atoms with Crippen LogP contribution in [0.15, 0.2) is 24.3 Å². The quantitative estimate of drug-likeness (QED) is 0.915. The van der Waals surface area contributed by atoms with Crippen molar-refractivity contribution in [3.05, 3.63) is 35.4 Å². The van der Waals surface area contributed by atoms with Crippen LogP contribution in [0.1, 0.15) is 36.8 Å². The molecule has 2 fully saturated rings. The first-order chi connectivity index (χ1) is 9.72. The molecule has 0 heterocycles. The molecule has 0 bridgehead atoms. The van der Waals surface area contributed by atoms with Crippen molar-refractivity contribution in [2.75, 3.05) is 7.05 Å². The van der Waals surface area contributed by atoms with Gasteiger partial charge in [0.05, 0.1) is 0 Å². The number of fused-ring (bicyclic) bond motifs is 1. The molecule has 2 saturated carbocycles. The van der Waals surface area contributed by atoms with Crippen molar-refractivity contribution in [1.29, 1.82) is 0 Å². The summed E-state index contributed by atoms with van der Waals surface area (Å²) in [6, 6.07) is 8.14. The zero-order valence-corrected chi connectivity index (χ0v) is 12.2. The highest BCUT2D eigenvalue weighted by Gasteiger charge is 2.55. The minimum atomic E-state index is 0.313. The topological polar surface area (TPSA) is 46.3 Å². The third-order valence-electron chi connectivity index (χ3n) is 5.06. The predicted octanol–water partition coefficient (Wildman–Crippen LogP) is 2.54. The highest BCUT2D eigenvalue weighted by Crippen LogP contribution is 2.56. The second-order valence-corrected chi connectivity index (χ2v) is 6.31. The van der Waals surface area contributed by atoms with E-state index < -0.39 is 0 Å². The fourth-order valence-electron chi connectivity index (χ4n) is 3.86. The Labute approximate surface area is 121 Å². The van der Waals surface area contributed by atoms with Crippen LogP contribution in [-0.4, -0.2) is 17.9 Å². The first kappa shape index (κ1) is 13.6. The normalized spacial score (nSPS) is 27.8. The molecule has 2 N–H and O–H groups in total. The maximum absolute atomic E-state index is 12.6. The highest BCUT2D eigenvalue weighted by molar-refractivity contribution is 5.82. The monoisotopic (exact) mass is 272 g/mol. The molecule has 2 aliphatic carbocycles. The third kappa shape index (κ3) is 2.47. The number of carbonyl (C=O) groups excluding carboxylic acids is 1. The van der Waals surface area contributed by atoms with E-state index in [-0.39, 0.29) is 0 Å². The number of nitrogens with zero attached hydrogens (tertiary/aromatic N) is 1. The van der Waals surface area contributed by atoms with E-state index in [0.717, 1.165) is 5.56 Å². The molecule has 0 aliphatic heterocycles.